The van der Waals surface area contributed by atoms with Crippen molar-refractivity contribution in [1.29, 1.82) is 0 Å². The average Bonchev–Trinajstić information content (AvgIpc) is 3.09. The van der Waals surface area contributed by atoms with Crippen LogP contribution in [0, 0.1) is 0 Å². The van der Waals surface area contributed by atoms with Gasteiger partial charge in [-0.2, -0.15) is 0 Å². The van der Waals surface area contributed by atoms with Gasteiger partial charge in [-0.25, -0.2) is 9.78 Å². The molecule has 7 nitrogen and oxygen atoms in total. The van der Waals surface area contributed by atoms with E-state index in [0.717, 1.165) is 42.3 Å². The molecule has 1 N–H and O–H groups in total. The normalized spacial score (nSPS) is 14.3. The van der Waals surface area contributed by atoms with Crippen LogP contribution in [0.2, 0.25) is 0 Å². The van der Waals surface area contributed by atoms with Crippen molar-refractivity contribution in [3.63, 3.8) is 0 Å². The van der Waals surface area contributed by atoms with E-state index in [0.29, 0.717) is 23.1 Å². The van der Waals surface area contributed by atoms with Crippen LogP contribution >= 0.6 is 0 Å². The zero-order valence-electron chi connectivity index (χ0n) is 18.9. The number of aryl methyl sites for hydroxylation is 1. The molecule has 0 aliphatic carbocycles. The van der Waals surface area contributed by atoms with Crippen molar-refractivity contribution in [3.05, 3.63) is 82.4 Å². The van der Waals surface area contributed by atoms with Crippen LogP contribution in [0.5, 0.6) is 0 Å². The lowest BCUT2D eigenvalue weighted by molar-refractivity contribution is -0.123. The standard InChI is InChI=1S/C27H25N3O4/c1-17(25(31)28-21-12-10-18-7-4-5-8-19(18)15-21)34-27(33)20-11-13-22-23(16-20)29-24-9-3-2-6-14-30(24)26(22)32/h4-5,7-8,10-13,15-17H,2-3,6,9,14H2,1H3,(H,28,31). The first kappa shape index (κ1) is 21.8. The third-order valence-corrected chi connectivity index (χ3v) is 6.22. The summed E-state index contributed by atoms with van der Waals surface area (Å²) in [6, 6.07) is 18.2. The molecule has 5 rings (SSSR count). The molecule has 1 amide bonds. The Hall–Kier alpha value is -4.00. The fourth-order valence-corrected chi connectivity index (χ4v) is 4.34. The molecule has 4 aromatic rings. The summed E-state index contributed by atoms with van der Waals surface area (Å²) in [6.07, 6.45) is 2.76. The third kappa shape index (κ3) is 4.29. The molecule has 0 saturated heterocycles. The second kappa shape index (κ2) is 9.09. The Morgan fingerprint density at radius 3 is 2.68 bits per heavy atom. The van der Waals surface area contributed by atoms with E-state index in [2.05, 4.69) is 10.3 Å². The van der Waals surface area contributed by atoms with Crippen molar-refractivity contribution in [2.24, 2.45) is 0 Å². The summed E-state index contributed by atoms with van der Waals surface area (Å²) in [5.41, 5.74) is 1.27. The molecule has 0 bridgehead atoms. The van der Waals surface area contributed by atoms with Gasteiger partial charge < -0.3 is 10.1 Å². The molecule has 34 heavy (non-hydrogen) atoms. The van der Waals surface area contributed by atoms with Crippen molar-refractivity contribution < 1.29 is 14.3 Å². The van der Waals surface area contributed by atoms with E-state index in [-0.39, 0.29) is 11.1 Å². The highest BCUT2D eigenvalue weighted by molar-refractivity contribution is 5.99. The number of anilines is 1. The molecule has 3 aromatic carbocycles. The number of nitrogens with zero attached hydrogens (tertiary/aromatic N) is 2. The molecule has 1 aliphatic heterocycles. The van der Waals surface area contributed by atoms with Gasteiger partial charge in [0.25, 0.3) is 11.5 Å². The smallest absolute Gasteiger partial charge is 0.338 e. The summed E-state index contributed by atoms with van der Waals surface area (Å²) in [4.78, 5) is 42.9. The van der Waals surface area contributed by atoms with Gasteiger partial charge in [-0.15, -0.1) is 0 Å². The van der Waals surface area contributed by atoms with Crippen LogP contribution in [0.15, 0.2) is 65.5 Å². The maximum absolute atomic E-state index is 12.9. The second-order valence-corrected chi connectivity index (χ2v) is 8.63. The maximum atomic E-state index is 12.9. The number of aromatic nitrogens is 2. The predicted molar refractivity (Wildman–Crippen MR) is 131 cm³/mol. The number of carbonyl (C=O) groups is 2. The van der Waals surface area contributed by atoms with E-state index in [1.54, 1.807) is 22.8 Å². The predicted octanol–water partition coefficient (Wildman–Crippen LogP) is 4.46. The van der Waals surface area contributed by atoms with Crippen molar-refractivity contribution in [2.75, 3.05) is 5.32 Å². The number of fused-ring (bicyclic) bond motifs is 3. The van der Waals surface area contributed by atoms with Gasteiger partial charge in [0, 0.05) is 18.7 Å². The van der Waals surface area contributed by atoms with Crippen LogP contribution in [0.3, 0.4) is 0 Å². The summed E-state index contributed by atoms with van der Waals surface area (Å²) in [5.74, 6) is -0.310. The van der Waals surface area contributed by atoms with Crippen LogP contribution in [0.25, 0.3) is 21.7 Å². The molecule has 1 atom stereocenters. The van der Waals surface area contributed by atoms with Gasteiger partial charge in [-0.3, -0.25) is 14.2 Å². The molecule has 1 aliphatic rings. The molecule has 0 spiro atoms. The minimum absolute atomic E-state index is 0.0788. The van der Waals surface area contributed by atoms with Gasteiger partial charge in [0.1, 0.15) is 5.82 Å². The molecule has 7 heteroatoms. The lowest BCUT2D eigenvalue weighted by Gasteiger charge is -2.14. The van der Waals surface area contributed by atoms with Crippen LogP contribution < -0.4 is 10.9 Å². The first-order valence-electron chi connectivity index (χ1n) is 11.5. The summed E-state index contributed by atoms with van der Waals surface area (Å²) in [6.45, 7) is 2.20. The number of nitrogens with one attached hydrogen (secondary N) is 1. The number of carbonyl (C=O) groups excluding carboxylic acids is 2. The fourth-order valence-electron chi connectivity index (χ4n) is 4.34. The van der Waals surface area contributed by atoms with E-state index in [1.165, 1.54) is 6.92 Å². The van der Waals surface area contributed by atoms with E-state index in [1.807, 2.05) is 42.5 Å². The Balaban J connectivity index is 1.32. The molecule has 1 aromatic heterocycles. The zero-order valence-corrected chi connectivity index (χ0v) is 18.9. The van der Waals surface area contributed by atoms with Crippen molar-refractivity contribution >= 4 is 39.2 Å². The number of esters is 1. The largest absolute Gasteiger partial charge is 0.449 e. The van der Waals surface area contributed by atoms with E-state index < -0.39 is 18.0 Å². The Morgan fingerprint density at radius 2 is 1.82 bits per heavy atom. The fraction of sp³-hybridized carbons (Fsp3) is 0.259. The van der Waals surface area contributed by atoms with E-state index in [9.17, 15) is 14.4 Å². The van der Waals surface area contributed by atoms with Crippen LogP contribution in [-0.2, 0) is 22.5 Å². The molecular weight excluding hydrogens is 430 g/mol. The van der Waals surface area contributed by atoms with Gasteiger partial charge in [0.15, 0.2) is 6.10 Å². The summed E-state index contributed by atoms with van der Waals surface area (Å²) < 4.78 is 7.15. The van der Waals surface area contributed by atoms with Gasteiger partial charge in [-0.05, 0) is 60.9 Å². The lowest BCUT2D eigenvalue weighted by Crippen LogP contribution is -2.30. The van der Waals surface area contributed by atoms with Crippen LogP contribution in [-0.4, -0.2) is 27.5 Å². The topological polar surface area (TPSA) is 90.3 Å². The number of hydrogen-bond donors (Lipinski definition) is 1. The summed E-state index contributed by atoms with van der Waals surface area (Å²) in [7, 11) is 0. The Kier molecular flexibility index (Phi) is 5.84. The van der Waals surface area contributed by atoms with Crippen molar-refractivity contribution in [3.8, 4) is 0 Å². The zero-order chi connectivity index (χ0) is 23.7. The maximum Gasteiger partial charge on any atom is 0.338 e. The number of hydrogen-bond acceptors (Lipinski definition) is 5. The minimum Gasteiger partial charge on any atom is -0.449 e. The first-order chi connectivity index (χ1) is 16.5. The number of benzene rings is 3. The van der Waals surface area contributed by atoms with Crippen LogP contribution in [0.1, 0.15) is 42.4 Å². The van der Waals surface area contributed by atoms with E-state index in [4.69, 9.17) is 4.74 Å². The Morgan fingerprint density at radius 1 is 1.00 bits per heavy atom. The highest BCUT2D eigenvalue weighted by Crippen LogP contribution is 2.20. The third-order valence-electron chi connectivity index (χ3n) is 6.22. The molecule has 0 fully saturated rings. The van der Waals surface area contributed by atoms with Gasteiger partial charge in [0.2, 0.25) is 0 Å². The van der Waals surface area contributed by atoms with Crippen molar-refractivity contribution in [2.45, 2.75) is 45.3 Å². The number of ether oxygens (including phenoxy) is 1. The minimum atomic E-state index is -1.000. The molecule has 2 heterocycles. The molecular formula is C27H25N3O4. The van der Waals surface area contributed by atoms with Crippen molar-refractivity contribution in [1.82, 2.24) is 9.55 Å². The summed E-state index contributed by atoms with van der Waals surface area (Å²) in [5, 5.41) is 5.34. The Bertz CT molecular complexity index is 1470. The molecule has 1 unspecified atom stereocenters. The lowest BCUT2D eigenvalue weighted by atomic mass is 10.1. The van der Waals surface area contributed by atoms with Gasteiger partial charge >= 0.3 is 5.97 Å². The second-order valence-electron chi connectivity index (χ2n) is 8.63. The quantitative estimate of drug-likeness (QED) is 0.459. The average molecular weight is 456 g/mol. The van der Waals surface area contributed by atoms with Gasteiger partial charge in [-0.1, -0.05) is 36.8 Å². The SMILES string of the molecule is CC(OC(=O)c1ccc2c(=O)n3c(nc2c1)CCCCC3)C(=O)Nc1ccc2ccccc2c1. The van der Waals surface area contributed by atoms with Crippen LogP contribution in [0.4, 0.5) is 5.69 Å². The Labute approximate surface area is 196 Å². The first-order valence-corrected chi connectivity index (χ1v) is 11.5. The molecule has 172 valence electrons. The highest BCUT2D eigenvalue weighted by Gasteiger charge is 2.21. The van der Waals surface area contributed by atoms with E-state index >= 15 is 0 Å². The monoisotopic (exact) mass is 455 g/mol. The molecule has 0 radical (unpaired) electrons. The number of rotatable bonds is 4. The number of amides is 1. The highest BCUT2D eigenvalue weighted by atomic mass is 16.5. The molecule has 0 saturated carbocycles. The summed E-state index contributed by atoms with van der Waals surface area (Å²) >= 11 is 0. The van der Waals surface area contributed by atoms with Gasteiger partial charge in [0.05, 0.1) is 16.5 Å².